The molecule has 5 rings (SSSR count). The third-order valence-electron chi connectivity index (χ3n) is 8.23. The summed E-state index contributed by atoms with van der Waals surface area (Å²) in [7, 11) is -3.55. The average molecular weight is 707 g/mol. The van der Waals surface area contributed by atoms with E-state index < -0.39 is 68.0 Å². The molecule has 0 spiro atoms. The molecule has 2 aliphatic rings. The van der Waals surface area contributed by atoms with E-state index in [9.17, 15) is 31.2 Å². The topological polar surface area (TPSA) is 102 Å². The summed E-state index contributed by atoms with van der Waals surface area (Å²) in [6.45, 7) is 5.51. The summed E-state index contributed by atoms with van der Waals surface area (Å²) < 4.78 is 78.8. The zero-order chi connectivity index (χ0) is 34.9. The molecular weight excluding hydrogens is 669 g/mol. The van der Waals surface area contributed by atoms with E-state index in [0.29, 0.717) is 5.56 Å². The molecule has 2 fully saturated rings. The van der Waals surface area contributed by atoms with Gasteiger partial charge < -0.3 is 19.7 Å². The van der Waals surface area contributed by atoms with E-state index >= 15 is 0 Å². The molecule has 3 aromatic carbocycles. The van der Waals surface area contributed by atoms with Gasteiger partial charge >= 0.3 is 12.3 Å². The van der Waals surface area contributed by atoms with Gasteiger partial charge in [-0.05, 0) is 81.3 Å². The number of amides is 2. The molecule has 1 saturated carbocycles. The number of alkyl halides is 3. The second kappa shape index (κ2) is 14.1. The van der Waals surface area contributed by atoms with Gasteiger partial charge in [0.2, 0.25) is 0 Å². The Morgan fingerprint density at radius 1 is 0.979 bits per heavy atom. The summed E-state index contributed by atoms with van der Waals surface area (Å²) in [5.41, 5.74) is -1.08. The first kappa shape index (κ1) is 35.7. The molecular formula is C35H38ClF3N2O6S. The van der Waals surface area contributed by atoms with E-state index in [1.165, 1.54) is 23.1 Å². The number of benzene rings is 3. The van der Waals surface area contributed by atoms with E-state index in [4.69, 9.17) is 21.1 Å². The van der Waals surface area contributed by atoms with Gasteiger partial charge in [0.1, 0.15) is 5.60 Å². The van der Waals surface area contributed by atoms with Crippen LogP contribution in [0.25, 0.3) is 0 Å². The second-order valence-electron chi connectivity index (χ2n) is 13.3. The number of hydrogen-bond donors (Lipinski definition) is 1. The van der Waals surface area contributed by atoms with Crippen LogP contribution in [-0.2, 0) is 32.1 Å². The largest absolute Gasteiger partial charge is 0.444 e. The first-order valence-corrected chi connectivity index (χ1v) is 17.7. The molecule has 0 radical (unpaired) electrons. The molecule has 258 valence electrons. The third-order valence-corrected chi connectivity index (χ3v) is 10.5. The van der Waals surface area contributed by atoms with Gasteiger partial charge in [0.15, 0.2) is 9.84 Å². The van der Waals surface area contributed by atoms with Gasteiger partial charge in [-0.1, -0.05) is 60.1 Å². The normalized spacial score (nSPS) is 19.2. The maximum absolute atomic E-state index is 13.7. The lowest BCUT2D eigenvalue weighted by atomic mass is 9.96. The predicted molar refractivity (Wildman–Crippen MR) is 174 cm³/mol. The van der Waals surface area contributed by atoms with Crippen LogP contribution in [0.1, 0.15) is 73.1 Å². The maximum atomic E-state index is 13.7. The molecule has 3 atom stereocenters. The van der Waals surface area contributed by atoms with Crippen molar-refractivity contribution in [3.63, 3.8) is 0 Å². The van der Waals surface area contributed by atoms with Gasteiger partial charge in [0.25, 0.3) is 5.91 Å². The smallest absolute Gasteiger partial charge is 0.417 e. The molecule has 1 aliphatic carbocycles. The standard InChI is InChI=1S/C35H38ClF3N2O6S/c1-34(2,3)47-33(43)41-19-25(46-20-22-8-5-4-6-9-22)18-29(41)31(24-14-16-26(17-15-24)48(44,45)21-23-12-13-23)40-32(42)27-10-7-11-28(30(27)36)35(37,38)39/h4-11,14-17,23,25,29,31H,12-13,18-21H2,1-3H3,(H,40,42)/t25-,29+,31-/m1/s1. The second-order valence-corrected chi connectivity index (χ2v) is 15.7. The minimum Gasteiger partial charge on any atom is -0.444 e. The highest BCUT2D eigenvalue weighted by Gasteiger charge is 2.44. The van der Waals surface area contributed by atoms with Gasteiger partial charge in [-0.2, -0.15) is 13.2 Å². The lowest BCUT2D eigenvalue weighted by Crippen LogP contribution is -2.47. The van der Waals surface area contributed by atoms with Crippen molar-refractivity contribution in [2.24, 2.45) is 5.92 Å². The Morgan fingerprint density at radius 2 is 1.65 bits per heavy atom. The quantitative estimate of drug-likeness (QED) is 0.233. The summed E-state index contributed by atoms with van der Waals surface area (Å²) in [6, 6.07) is 16.7. The highest BCUT2D eigenvalue weighted by atomic mass is 35.5. The predicted octanol–water partition coefficient (Wildman–Crippen LogP) is 7.61. The van der Waals surface area contributed by atoms with E-state index in [1.54, 1.807) is 32.9 Å². The first-order valence-electron chi connectivity index (χ1n) is 15.7. The number of sulfone groups is 1. The van der Waals surface area contributed by atoms with Crippen LogP contribution in [0.3, 0.4) is 0 Å². The summed E-state index contributed by atoms with van der Waals surface area (Å²) in [5, 5.41) is 2.05. The van der Waals surface area contributed by atoms with Crippen molar-refractivity contribution >= 4 is 33.4 Å². The van der Waals surface area contributed by atoms with Crippen molar-refractivity contribution in [1.29, 1.82) is 0 Å². The Kier molecular flexibility index (Phi) is 10.5. The van der Waals surface area contributed by atoms with Crippen molar-refractivity contribution in [1.82, 2.24) is 10.2 Å². The summed E-state index contributed by atoms with van der Waals surface area (Å²) >= 11 is 6.12. The van der Waals surface area contributed by atoms with Crippen molar-refractivity contribution in [2.45, 2.75) is 81.5 Å². The Morgan fingerprint density at radius 3 is 2.25 bits per heavy atom. The van der Waals surface area contributed by atoms with Gasteiger partial charge in [0.05, 0.1) is 58.1 Å². The zero-order valence-corrected chi connectivity index (χ0v) is 28.4. The Hall–Kier alpha value is -3.61. The van der Waals surface area contributed by atoms with Crippen LogP contribution in [0.15, 0.2) is 77.7 Å². The monoisotopic (exact) mass is 706 g/mol. The molecule has 0 bridgehead atoms. The number of rotatable bonds is 10. The molecule has 2 amide bonds. The fraction of sp³-hybridized carbons (Fsp3) is 0.429. The van der Waals surface area contributed by atoms with Crippen LogP contribution in [0.2, 0.25) is 5.02 Å². The molecule has 1 saturated heterocycles. The van der Waals surface area contributed by atoms with E-state index in [0.717, 1.165) is 30.5 Å². The number of halogens is 4. The van der Waals surface area contributed by atoms with Crippen molar-refractivity contribution in [3.8, 4) is 0 Å². The summed E-state index contributed by atoms with van der Waals surface area (Å²) in [5.74, 6) is -0.734. The van der Waals surface area contributed by atoms with Gasteiger partial charge in [-0.15, -0.1) is 0 Å². The number of ether oxygens (including phenoxy) is 2. The third kappa shape index (κ3) is 8.89. The zero-order valence-electron chi connectivity index (χ0n) is 26.8. The van der Waals surface area contributed by atoms with Gasteiger partial charge in [-0.3, -0.25) is 4.79 Å². The minimum absolute atomic E-state index is 0.0377. The number of carbonyl (C=O) groups is 2. The Balaban J connectivity index is 1.50. The van der Waals surface area contributed by atoms with Crippen molar-refractivity contribution < 1.29 is 40.7 Å². The molecule has 1 heterocycles. The van der Waals surface area contributed by atoms with Crippen molar-refractivity contribution in [3.05, 3.63) is 100 Å². The van der Waals surface area contributed by atoms with Crippen LogP contribution in [0, 0.1) is 5.92 Å². The summed E-state index contributed by atoms with van der Waals surface area (Å²) in [4.78, 5) is 28.9. The molecule has 0 unspecified atom stereocenters. The SMILES string of the molecule is CC(C)(C)OC(=O)N1C[C@H](OCc2ccccc2)C[C@H]1[C@H](NC(=O)c1cccc(C(F)(F)F)c1Cl)c1ccc(S(=O)(=O)CC2CC2)cc1. The van der Waals surface area contributed by atoms with Crippen LogP contribution in [-0.4, -0.2) is 55.4 Å². The van der Waals surface area contributed by atoms with Crippen molar-refractivity contribution in [2.75, 3.05) is 12.3 Å². The lowest BCUT2D eigenvalue weighted by Gasteiger charge is -2.34. The fourth-order valence-electron chi connectivity index (χ4n) is 5.70. The molecule has 13 heteroatoms. The molecule has 48 heavy (non-hydrogen) atoms. The number of nitrogens with zero attached hydrogens (tertiary/aromatic N) is 1. The number of likely N-dealkylation sites (tertiary alicyclic amines) is 1. The molecule has 0 aromatic heterocycles. The maximum Gasteiger partial charge on any atom is 0.417 e. The van der Waals surface area contributed by atoms with Crippen LogP contribution in [0.5, 0.6) is 0 Å². The lowest BCUT2D eigenvalue weighted by molar-refractivity contribution is -0.137. The van der Waals surface area contributed by atoms with E-state index in [2.05, 4.69) is 5.32 Å². The highest BCUT2D eigenvalue weighted by Crippen LogP contribution is 2.38. The van der Waals surface area contributed by atoms with E-state index in [-0.39, 0.29) is 36.1 Å². The van der Waals surface area contributed by atoms with Gasteiger partial charge in [-0.25, -0.2) is 13.2 Å². The van der Waals surface area contributed by atoms with Crippen LogP contribution < -0.4 is 5.32 Å². The first-order chi connectivity index (χ1) is 22.5. The van der Waals surface area contributed by atoms with Crippen LogP contribution in [0.4, 0.5) is 18.0 Å². The molecule has 1 N–H and O–H groups in total. The Labute approximate surface area is 283 Å². The number of hydrogen-bond acceptors (Lipinski definition) is 6. The van der Waals surface area contributed by atoms with Crippen LogP contribution >= 0.6 is 11.6 Å². The molecule has 1 aliphatic heterocycles. The molecule has 3 aromatic rings. The van der Waals surface area contributed by atoms with E-state index in [1.807, 2.05) is 30.3 Å². The Bertz CT molecular complexity index is 1730. The highest BCUT2D eigenvalue weighted by molar-refractivity contribution is 7.91. The summed E-state index contributed by atoms with van der Waals surface area (Å²) in [6.07, 6.45) is -4.00. The fourth-order valence-corrected chi connectivity index (χ4v) is 7.72. The average Bonchev–Trinajstić information content (AvgIpc) is 3.71. The number of nitrogens with one attached hydrogen (secondary N) is 1. The number of carbonyl (C=O) groups excluding carboxylic acids is 2. The van der Waals surface area contributed by atoms with Gasteiger partial charge in [0, 0.05) is 0 Å². The minimum atomic E-state index is -4.79. The molecule has 8 nitrogen and oxygen atoms in total.